The van der Waals surface area contributed by atoms with Gasteiger partial charge in [-0.25, -0.2) is 9.97 Å². The zero-order valence-corrected chi connectivity index (χ0v) is 11.3. The zero-order valence-electron chi connectivity index (χ0n) is 11.3. The number of aromatic nitrogens is 3. The summed E-state index contributed by atoms with van der Waals surface area (Å²) in [5.74, 6) is 0.973. The number of rotatable bonds is 4. The van der Waals surface area contributed by atoms with Crippen LogP contribution < -0.4 is 5.32 Å². The highest BCUT2D eigenvalue weighted by molar-refractivity contribution is 5.58. The maximum absolute atomic E-state index is 4.77. The summed E-state index contributed by atoms with van der Waals surface area (Å²) in [6.45, 7) is 2.98. The van der Waals surface area contributed by atoms with Crippen molar-refractivity contribution in [1.29, 1.82) is 0 Å². The molecule has 1 saturated carbocycles. The molecule has 0 radical (unpaired) electrons. The molecule has 0 saturated heterocycles. The minimum absolute atomic E-state index is 0.151. The molecular weight excluding hydrogens is 236 g/mol. The Morgan fingerprint density at radius 3 is 2.79 bits per heavy atom. The molecule has 2 heterocycles. The fourth-order valence-corrected chi connectivity index (χ4v) is 2.44. The van der Waals surface area contributed by atoms with Crippen LogP contribution in [0.25, 0.3) is 11.3 Å². The van der Waals surface area contributed by atoms with Gasteiger partial charge in [0.1, 0.15) is 5.82 Å². The van der Waals surface area contributed by atoms with E-state index in [1.807, 2.05) is 38.4 Å². The molecule has 0 aliphatic heterocycles. The highest BCUT2D eigenvalue weighted by Gasteiger charge is 2.46. The van der Waals surface area contributed by atoms with Crippen molar-refractivity contribution in [2.24, 2.45) is 0 Å². The third kappa shape index (κ3) is 2.36. The predicted molar refractivity (Wildman–Crippen MR) is 74.8 cm³/mol. The Balaban J connectivity index is 2.02. The standard InChI is InChI=1S/C15H18N4/c1-11-8-13(12-4-3-7-17-9-12)19-14(18-11)15(5-6-15)10-16-2/h3-4,7-9,16H,5-6,10H2,1-2H3. The van der Waals surface area contributed by atoms with Crippen molar-refractivity contribution in [3.8, 4) is 11.3 Å². The number of hydrogen-bond acceptors (Lipinski definition) is 4. The number of pyridine rings is 1. The lowest BCUT2D eigenvalue weighted by atomic mass is 10.1. The molecule has 3 rings (SSSR count). The summed E-state index contributed by atoms with van der Waals surface area (Å²) >= 11 is 0. The summed E-state index contributed by atoms with van der Waals surface area (Å²) in [7, 11) is 1.98. The molecule has 1 aliphatic carbocycles. The highest BCUT2D eigenvalue weighted by atomic mass is 15.0. The van der Waals surface area contributed by atoms with Gasteiger partial charge in [0, 0.05) is 35.6 Å². The maximum atomic E-state index is 4.77. The average Bonchev–Trinajstić information content (AvgIpc) is 3.21. The zero-order chi connectivity index (χ0) is 13.3. The first-order chi connectivity index (χ1) is 9.23. The van der Waals surface area contributed by atoms with Crippen LogP contribution in [0.5, 0.6) is 0 Å². The maximum Gasteiger partial charge on any atom is 0.136 e. The van der Waals surface area contributed by atoms with Crippen LogP contribution in [-0.4, -0.2) is 28.5 Å². The van der Waals surface area contributed by atoms with Gasteiger partial charge in [-0.15, -0.1) is 0 Å². The molecule has 1 fully saturated rings. The van der Waals surface area contributed by atoms with Crippen molar-refractivity contribution in [2.45, 2.75) is 25.2 Å². The van der Waals surface area contributed by atoms with E-state index >= 15 is 0 Å². The molecule has 4 heteroatoms. The molecule has 19 heavy (non-hydrogen) atoms. The summed E-state index contributed by atoms with van der Waals surface area (Å²) < 4.78 is 0. The van der Waals surface area contributed by atoms with Gasteiger partial charge in [0.2, 0.25) is 0 Å². The van der Waals surface area contributed by atoms with Crippen molar-refractivity contribution < 1.29 is 0 Å². The summed E-state index contributed by atoms with van der Waals surface area (Å²) in [6, 6.07) is 6.00. The topological polar surface area (TPSA) is 50.7 Å². The molecular formula is C15H18N4. The number of hydrogen-bond donors (Lipinski definition) is 1. The Morgan fingerprint density at radius 2 is 2.16 bits per heavy atom. The molecule has 1 N–H and O–H groups in total. The van der Waals surface area contributed by atoms with Gasteiger partial charge < -0.3 is 5.32 Å². The normalized spacial score (nSPS) is 16.3. The first kappa shape index (κ1) is 12.2. The fourth-order valence-electron chi connectivity index (χ4n) is 2.44. The molecule has 4 nitrogen and oxygen atoms in total. The minimum atomic E-state index is 0.151. The monoisotopic (exact) mass is 254 g/mol. The molecule has 1 aliphatic rings. The van der Waals surface area contributed by atoms with Gasteiger partial charge >= 0.3 is 0 Å². The SMILES string of the molecule is CNCC1(c2nc(C)cc(-c3cccnc3)n2)CC1. The van der Waals surface area contributed by atoms with Crippen LogP contribution in [-0.2, 0) is 5.41 Å². The fraction of sp³-hybridized carbons (Fsp3) is 0.400. The van der Waals surface area contributed by atoms with E-state index in [2.05, 4.69) is 15.3 Å². The summed E-state index contributed by atoms with van der Waals surface area (Å²) in [4.78, 5) is 13.6. The molecule has 0 bridgehead atoms. The first-order valence-electron chi connectivity index (χ1n) is 6.65. The second kappa shape index (κ2) is 4.70. The van der Waals surface area contributed by atoms with Gasteiger partial charge in [0.05, 0.1) is 5.69 Å². The third-order valence-electron chi connectivity index (χ3n) is 3.65. The van der Waals surface area contributed by atoms with Crippen molar-refractivity contribution in [3.63, 3.8) is 0 Å². The van der Waals surface area contributed by atoms with Crippen LogP contribution in [0.3, 0.4) is 0 Å². The smallest absolute Gasteiger partial charge is 0.136 e. The van der Waals surface area contributed by atoms with E-state index in [4.69, 9.17) is 4.98 Å². The predicted octanol–water partition coefficient (Wildman–Crippen LogP) is 2.10. The van der Waals surface area contributed by atoms with E-state index in [0.29, 0.717) is 0 Å². The number of aryl methyl sites for hydroxylation is 1. The molecule has 0 amide bonds. The van der Waals surface area contributed by atoms with Crippen LogP contribution >= 0.6 is 0 Å². The van der Waals surface area contributed by atoms with E-state index in [-0.39, 0.29) is 5.41 Å². The second-order valence-corrected chi connectivity index (χ2v) is 5.27. The summed E-state index contributed by atoms with van der Waals surface area (Å²) in [5.41, 5.74) is 3.19. The van der Waals surface area contributed by atoms with Gasteiger partial charge in [-0.05, 0) is 45.0 Å². The lowest BCUT2D eigenvalue weighted by Gasteiger charge is -2.14. The largest absolute Gasteiger partial charge is 0.319 e. The Hall–Kier alpha value is -1.81. The number of nitrogens with one attached hydrogen (secondary N) is 1. The molecule has 0 spiro atoms. The van der Waals surface area contributed by atoms with E-state index in [1.54, 1.807) is 6.20 Å². The quantitative estimate of drug-likeness (QED) is 0.907. The lowest BCUT2D eigenvalue weighted by Crippen LogP contribution is -2.26. The molecule has 0 aromatic carbocycles. The van der Waals surface area contributed by atoms with Gasteiger partial charge in [0.15, 0.2) is 0 Å². The molecule has 2 aromatic heterocycles. The van der Waals surface area contributed by atoms with Crippen molar-refractivity contribution in [1.82, 2.24) is 20.3 Å². The second-order valence-electron chi connectivity index (χ2n) is 5.27. The molecule has 0 atom stereocenters. The Morgan fingerprint density at radius 1 is 1.32 bits per heavy atom. The van der Waals surface area contributed by atoms with Crippen molar-refractivity contribution >= 4 is 0 Å². The number of nitrogens with zero attached hydrogens (tertiary/aromatic N) is 3. The molecule has 98 valence electrons. The van der Waals surface area contributed by atoms with E-state index in [1.165, 1.54) is 12.8 Å². The van der Waals surface area contributed by atoms with Crippen LogP contribution in [0.4, 0.5) is 0 Å². The summed E-state index contributed by atoms with van der Waals surface area (Å²) in [5, 5.41) is 3.26. The first-order valence-corrected chi connectivity index (χ1v) is 6.65. The minimum Gasteiger partial charge on any atom is -0.319 e. The third-order valence-corrected chi connectivity index (χ3v) is 3.65. The highest BCUT2D eigenvalue weighted by Crippen LogP contribution is 2.46. The van der Waals surface area contributed by atoms with Gasteiger partial charge in [-0.1, -0.05) is 0 Å². The Bertz CT molecular complexity index is 576. The van der Waals surface area contributed by atoms with E-state index in [0.717, 1.165) is 29.3 Å². The van der Waals surface area contributed by atoms with Crippen LogP contribution in [0.1, 0.15) is 24.4 Å². The molecule has 0 unspecified atom stereocenters. The van der Waals surface area contributed by atoms with Crippen LogP contribution in [0, 0.1) is 6.92 Å². The van der Waals surface area contributed by atoms with Crippen molar-refractivity contribution in [2.75, 3.05) is 13.6 Å². The summed E-state index contributed by atoms with van der Waals surface area (Å²) in [6.07, 6.45) is 5.97. The van der Waals surface area contributed by atoms with Crippen molar-refractivity contribution in [3.05, 3.63) is 42.1 Å². The lowest BCUT2D eigenvalue weighted by molar-refractivity contribution is 0.586. The van der Waals surface area contributed by atoms with E-state index in [9.17, 15) is 0 Å². The van der Waals surface area contributed by atoms with Gasteiger partial charge in [-0.2, -0.15) is 0 Å². The van der Waals surface area contributed by atoms with E-state index < -0.39 is 0 Å². The van der Waals surface area contributed by atoms with Gasteiger partial charge in [-0.3, -0.25) is 4.98 Å². The average molecular weight is 254 g/mol. The van der Waals surface area contributed by atoms with Gasteiger partial charge in [0.25, 0.3) is 0 Å². The number of likely N-dealkylation sites (N-methyl/N-ethyl adjacent to an activating group) is 1. The Kier molecular flexibility index (Phi) is 3.03. The van der Waals surface area contributed by atoms with Crippen LogP contribution in [0.15, 0.2) is 30.6 Å². The van der Waals surface area contributed by atoms with Crippen LogP contribution in [0.2, 0.25) is 0 Å². The Labute approximate surface area is 113 Å². The molecule has 2 aromatic rings.